The number of amides is 1. The third kappa shape index (κ3) is 3.47. The minimum absolute atomic E-state index is 0.0793. The summed E-state index contributed by atoms with van der Waals surface area (Å²) in [6, 6.07) is 17.1. The summed E-state index contributed by atoms with van der Waals surface area (Å²) in [7, 11) is 0. The van der Waals surface area contributed by atoms with Crippen molar-refractivity contribution in [3.05, 3.63) is 94.1 Å². The number of benzene rings is 3. The van der Waals surface area contributed by atoms with Gasteiger partial charge >= 0.3 is 6.18 Å². The molecule has 6 rings (SSSR count). The van der Waals surface area contributed by atoms with Crippen LogP contribution in [0.15, 0.2) is 66.7 Å². The Morgan fingerprint density at radius 1 is 0.971 bits per heavy atom. The molecule has 3 heterocycles. The number of hydrogen-bond donors (Lipinski definition) is 0. The lowest BCUT2D eigenvalue weighted by atomic mass is 9.96. The molecule has 176 valence electrons. The third-order valence-electron chi connectivity index (χ3n) is 6.44. The number of nitrogens with zero attached hydrogens (tertiary/aromatic N) is 3. The molecule has 0 saturated carbocycles. The second kappa shape index (κ2) is 7.76. The standard InChI is InChI=1S/C26H17ClF3N3O2/c1-13(33-24(34)15-8-3-2-7-14(15)23-25(33)35-23)20-21(16-9-4-5-11-18(16)27)32-22-17(26(28,29)30)10-6-12-19(22)31-20/h2-13,23,25H,1H3. The van der Waals surface area contributed by atoms with Gasteiger partial charge in [0.05, 0.1) is 33.5 Å². The highest BCUT2D eigenvalue weighted by atomic mass is 35.5. The van der Waals surface area contributed by atoms with Crippen molar-refractivity contribution >= 4 is 28.5 Å². The van der Waals surface area contributed by atoms with Crippen LogP contribution in [0.1, 0.15) is 46.2 Å². The van der Waals surface area contributed by atoms with Crippen LogP contribution in [0, 0.1) is 0 Å². The Morgan fingerprint density at radius 3 is 2.43 bits per heavy atom. The molecular weight excluding hydrogens is 479 g/mol. The second-order valence-electron chi connectivity index (χ2n) is 8.53. The van der Waals surface area contributed by atoms with E-state index in [9.17, 15) is 18.0 Å². The fourth-order valence-electron chi connectivity index (χ4n) is 4.73. The topological polar surface area (TPSA) is 58.6 Å². The van der Waals surface area contributed by atoms with Crippen molar-refractivity contribution in [3.63, 3.8) is 0 Å². The molecule has 1 aromatic heterocycles. The van der Waals surface area contributed by atoms with Crippen LogP contribution in [0.3, 0.4) is 0 Å². The van der Waals surface area contributed by atoms with Crippen molar-refractivity contribution in [1.82, 2.24) is 14.9 Å². The Hall–Kier alpha value is -3.49. The molecular formula is C26H17ClF3N3O2. The monoisotopic (exact) mass is 495 g/mol. The number of alkyl halides is 3. The maximum atomic E-state index is 13.8. The van der Waals surface area contributed by atoms with Crippen LogP contribution in [0.25, 0.3) is 22.3 Å². The van der Waals surface area contributed by atoms with Gasteiger partial charge in [-0.05, 0) is 36.8 Å². The molecule has 3 aromatic carbocycles. The van der Waals surface area contributed by atoms with E-state index in [1.165, 1.54) is 12.1 Å². The molecule has 1 saturated heterocycles. The van der Waals surface area contributed by atoms with Gasteiger partial charge in [-0.25, -0.2) is 9.97 Å². The van der Waals surface area contributed by atoms with E-state index >= 15 is 0 Å². The predicted molar refractivity (Wildman–Crippen MR) is 124 cm³/mol. The number of rotatable bonds is 3. The number of fused-ring (bicyclic) bond motifs is 4. The van der Waals surface area contributed by atoms with E-state index in [1.807, 2.05) is 12.1 Å². The summed E-state index contributed by atoms with van der Waals surface area (Å²) in [6.45, 7) is 1.77. The van der Waals surface area contributed by atoms with Gasteiger partial charge in [0, 0.05) is 11.1 Å². The van der Waals surface area contributed by atoms with Crippen LogP contribution in [0.2, 0.25) is 5.02 Å². The van der Waals surface area contributed by atoms with E-state index in [0.29, 0.717) is 21.8 Å². The molecule has 3 atom stereocenters. The van der Waals surface area contributed by atoms with Crippen LogP contribution in [0.4, 0.5) is 13.2 Å². The highest BCUT2D eigenvalue weighted by Crippen LogP contribution is 2.50. The Morgan fingerprint density at radius 2 is 1.69 bits per heavy atom. The molecule has 2 aliphatic heterocycles. The highest BCUT2D eigenvalue weighted by Gasteiger charge is 2.54. The number of halogens is 4. The lowest BCUT2D eigenvalue weighted by Gasteiger charge is -2.31. The SMILES string of the molecule is CC(c1nc2cccc(C(F)(F)F)c2nc1-c1ccccc1Cl)N1C(=O)c2ccccc2C2OC21. The molecule has 0 N–H and O–H groups in total. The van der Waals surface area contributed by atoms with Crippen LogP contribution >= 0.6 is 11.6 Å². The zero-order chi connectivity index (χ0) is 24.5. The molecule has 9 heteroatoms. The van der Waals surface area contributed by atoms with Crippen molar-refractivity contribution < 1.29 is 22.7 Å². The average Bonchev–Trinajstić information content (AvgIpc) is 3.63. The van der Waals surface area contributed by atoms with Gasteiger partial charge in [0.1, 0.15) is 11.6 Å². The molecule has 0 spiro atoms. The number of para-hydroxylation sites is 1. The van der Waals surface area contributed by atoms with Crippen LogP contribution in [-0.2, 0) is 10.9 Å². The first kappa shape index (κ1) is 22.0. The quantitative estimate of drug-likeness (QED) is 0.301. The number of carbonyl (C=O) groups excluding carboxylic acids is 1. The van der Waals surface area contributed by atoms with Crippen LogP contribution in [-0.4, -0.2) is 27.0 Å². The summed E-state index contributed by atoms with van der Waals surface area (Å²) < 4.78 is 47.1. The lowest BCUT2D eigenvalue weighted by molar-refractivity contribution is -0.136. The first-order chi connectivity index (χ1) is 16.8. The number of epoxide rings is 1. The first-order valence-electron chi connectivity index (χ1n) is 11.0. The number of ether oxygens (including phenoxy) is 1. The zero-order valence-electron chi connectivity index (χ0n) is 18.3. The Labute approximate surface area is 203 Å². The first-order valence-corrected chi connectivity index (χ1v) is 11.3. The Balaban J connectivity index is 1.56. The van der Waals surface area contributed by atoms with Gasteiger partial charge in [-0.15, -0.1) is 0 Å². The van der Waals surface area contributed by atoms with Gasteiger partial charge in [0.15, 0.2) is 6.23 Å². The van der Waals surface area contributed by atoms with Crippen molar-refractivity contribution in [1.29, 1.82) is 0 Å². The Kier molecular flexibility index (Phi) is 4.88. The highest BCUT2D eigenvalue weighted by molar-refractivity contribution is 6.33. The van der Waals surface area contributed by atoms with Crippen molar-refractivity contribution in [3.8, 4) is 11.3 Å². The van der Waals surface area contributed by atoms with Gasteiger partial charge in [-0.1, -0.05) is 54.1 Å². The van der Waals surface area contributed by atoms with Gasteiger partial charge in [-0.2, -0.15) is 13.2 Å². The van der Waals surface area contributed by atoms with Gasteiger partial charge in [-0.3, -0.25) is 4.79 Å². The molecule has 0 radical (unpaired) electrons. The predicted octanol–water partition coefficient (Wildman–Crippen LogP) is 6.58. The van der Waals surface area contributed by atoms with Crippen molar-refractivity contribution in [2.24, 2.45) is 0 Å². The summed E-state index contributed by atoms with van der Waals surface area (Å²) in [4.78, 5) is 24.1. The van der Waals surface area contributed by atoms with Gasteiger partial charge in [0.25, 0.3) is 5.91 Å². The van der Waals surface area contributed by atoms with Crippen LogP contribution < -0.4 is 0 Å². The van der Waals surface area contributed by atoms with Crippen molar-refractivity contribution in [2.75, 3.05) is 0 Å². The fraction of sp³-hybridized carbons (Fsp3) is 0.192. The summed E-state index contributed by atoms with van der Waals surface area (Å²) in [5.74, 6) is -0.233. The average molecular weight is 496 g/mol. The normalized spacial score (nSPS) is 19.9. The Bertz CT molecular complexity index is 1510. The van der Waals surface area contributed by atoms with E-state index in [4.69, 9.17) is 16.3 Å². The molecule has 3 unspecified atom stereocenters. The largest absolute Gasteiger partial charge is 0.418 e. The van der Waals surface area contributed by atoms with Gasteiger partial charge < -0.3 is 9.64 Å². The minimum atomic E-state index is -4.61. The van der Waals surface area contributed by atoms with E-state index in [0.717, 1.165) is 11.6 Å². The summed E-state index contributed by atoms with van der Waals surface area (Å²) in [5, 5.41) is 0.315. The fourth-order valence-corrected chi connectivity index (χ4v) is 4.95. The van der Waals surface area contributed by atoms with E-state index in [2.05, 4.69) is 9.97 Å². The zero-order valence-corrected chi connectivity index (χ0v) is 19.0. The van der Waals surface area contributed by atoms with Gasteiger partial charge in [0.2, 0.25) is 0 Å². The summed E-state index contributed by atoms with van der Waals surface area (Å²) >= 11 is 6.44. The van der Waals surface area contributed by atoms with Crippen LogP contribution in [0.5, 0.6) is 0 Å². The number of carbonyl (C=O) groups is 1. The summed E-state index contributed by atoms with van der Waals surface area (Å²) in [6.07, 6.45) is -5.34. The molecule has 35 heavy (non-hydrogen) atoms. The molecule has 2 aliphatic rings. The molecule has 1 fully saturated rings. The maximum absolute atomic E-state index is 13.8. The molecule has 5 nitrogen and oxygen atoms in total. The molecule has 0 aliphatic carbocycles. The molecule has 1 amide bonds. The van der Waals surface area contributed by atoms with E-state index in [-0.39, 0.29) is 28.7 Å². The van der Waals surface area contributed by atoms with E-state index in [1.54, 1.807) is 48.2 Å². The lowest BCUT2D eigenvalue weighted by Crippen LogP contribution is -2.40. The third-order valence-corrected chi connectivity index (χ3v) is 6.77. The molecule has 0 bridgehead atoms. The second-order valence-corrected chi connectivity index (χ2v) is 8.94. The van der Waals surface area contributed by atoms with Crippen molar-refractivity contribution in [2.45, 2.75) is 31.5 Å². The minimum Gasteiger partial charge on any atom is -0.342 e. The number of hydrogen-bond acceptors (Lipinski definition) is 4. The number of aromatic nitrogens is 2. The maximum Gasteiger partial charge on any atom is 0.418 e. The summed E-state index contributed by atoms with van der Waals surface area (Å²) in [5.41, 5.74) is 1.24. The smallest absolute Gasteiger partial charge is 0.342 e. The molecule has 4 aromatic rings. The van der Waals surface area contributed by atoms with E-state index < -0.39 is 24.0 Å².